The topological polar surface area (TPSA) is 72.8 Å². The Kier molecular flexibility index (Phi) is 2.68. The number of aliphatic carboxylic acids is 1. The van der Waals surface area contributed by atoms with Crippen LogP contribution in [0.2, 0.25) is 0 Å². The van der Waals surface area contributed by atoms with Crippen LogP contribution in [0.3, 0.4) is 0 Å². The molecule has 1 aliphatic heterocycles. The maximum absolute atomic E-state index is 11.6. The van der Waals surface area contributed by atoms with E-state index in [-0.39, 0.29) is 18.7 Å². The van der Waals surface area contributed by atoms with Gasteiger partial charge in [-0.25, -0.2) is 5.01 Å². The number of rotatable bonds is 3. The number of hydrogen-bond donors (Lipinski definition) is 0. The smallest absolute Gasteiger partial charge is 0.253 e. The van der Waals surface area contributed by atoms with E-state index in [1.54, 1.807) is 24.3 Å². The average Bonchev–Trinajstić information content (AvgIpc) is 2.60. The zero-order chi connectivity index (χ0) is 11.5. The number of carbonyl (C=O) groups is 2. The molecule has 1 heterocycles. The minimum atomic E-state index is -1.22. The Morgan fingerprint density at radius 1 is 1.38 bits per heavy atom. The number of carboxylic acid groups (broad SMARTS) is 1. The quantitative estimate of drug-likeness (QED) is 0.710. The van der Waals surface area contributed by atoms with Gasteiger partial charge < -0.3 is 9.90 Å². The number of hydrazone groups is 1. The lowest BCUT2D eigenvalue weighted by Crippen LogP contribution is -2.24. The van der Waals surface area contributed by atoms with Crippen molar-refractivity contribution >= 4 is 23.3 Å². The fraction of sp³-hybridized carbons (Fsp3) is 0.182. The molecule has 16 heavy (non-hydrogen) atoms. The lowest BCUT2D eigenvalue weighted by atomic mass is 10.2. The number of anilines is 1. The van der Waals surface area contributed by atoms with E-state index in [0.717, 1.165) is 0 Å². The van der Waals surface area contributed by atoms with Gasteiger partial charge in [-0.1, -0.05) is 18.2 Å². The zero-order valence-electron chi connectivity index (χ0n) is 8.42. The average molecular weight is 217 g/mol. The number of benzene rings is 1. The predicted molar refractivity (Wildman–Crippen MR) is 55.6 cm³/mol. The van der Waals surface area contributed by atoms with Crippen molar-refractivity contribution in [2.45, 2.75) is 12.8 Å². The first-order valence-corrected chi connectivity index (χ1v) is 4.81. The largest absolute Gasteiger partial charge is 0.550 e. The summed E-state index contributed by atoms with van der Waals surface area (Å²) in [4.78, 5) is 21.9. The van der Waals surface area contributed by atoms with Crippen molar-refractivity contribution in [3.8, 4) is 0 Å². The van der Waals surface area contributed by atoms with Gasteiger partial charge in [0.05, 0.1) is 17.8 Å². The SMILES string of the molecule is O=C([O-])CC1=NN(c2ccccc2)C(=O)C1. The van der Waals surface area contributed by atoms with Gasteiger partial charge in [0.25, 0.3) is 5.91 Å². The van der Waals surface area contributed by atoms with Crippen molar-refractivity contribution in [1.82, 2.24) is 0 Å². The molecule has 1 amide bonds. The van der Waals surface area contributed by atoms with Gasteiger partial charge in [-0.3, -0.25) is 4.79 Å². The van der Waals surface area contributed by atoms with Crippen LogP contribution in [0, 0.1) is 0 Å². The molecule has 0 aromatic heterocycles. The summed E-state index contributed by atoms with van der Waals surface area (Å²) in [5, 5.41) is 15.6. The summed E-state index contributed by atoms with van der Waals surface area (Å²) in [7, 11) is 0. The number of carboxylic acids is 1. The second-order valence-electron chi connectivity index (χ2n) is 3.43. The third-order valence-electron chi connectivity index (χ3n) is 2.18. The van der Waals surface area contributed by atoms with Gasteiger partial charge in [-0.05, 0) is 12.1 Å². The molecule has 0 bridgehead atoms. The molecule has 1 aromatic rings. The van der Waals surface area contributed by atoms with E-state index in [2.05, 4.69) is 5.10 Å². The summed E-state index contributed by atoms with van der Waals surface area (Å²) >= 11 is 0. The third-order valence-corrected chi connectivity index (χ3v) is 2.18. The Morgan fingerprint density at radius 3 is 2.69 bits per heavy atom. The Bertz CT molecular complexity index is 454. The first-order chi connectivity index (χ1) is 7.66. The number of carbonyl (C=O) groups excluding carboxylic acids is 2. The second-order valence-corrected chi connectivity index (χ2v) is 3.43. The summed E-state index contributed by atoms with van der Waals surface area (Å²) in [5.41, 5.74) is 0.967. The van der Waals surface area contributed by atoms with E-state index >= 15 is 0 Å². The van der Waals surface area contributed by atoms with Crippen molar-refractivity contribution < 1.29 is 14.7 Å². The molecule has 0 saturated carbocycles. The van der Waals surface area contributed by atoms with Crippen LogP contribution in [0.1, 0.15) is 12.8 Å². The number of para-hydroxylation sites is 1. The highest BCUT2D eigenvalue weighted by Crippen LogP contribution is 2.20. The molecule has 1 aliphatic rings. The van der Waals surface area contributed by atoms with Gasteiger partial charge in [0.15, 0.2) is 0 Å². The molecule has 0 spiro atoms. The normalized spacial score (nSPS) is 15.1. The molecule has 0 N–H and O–H groups in total. The highest BCUT2D eigenvalue weighted by molar-refractivity contribution is 6.16. The highest BCUT2D eigenvalue weighted by atomic mass is 16.4. The lowest BCUT2D eigenvalue weighted by molar-refractivity contribution is -0.303. The van der Waals surface area contributed by atoms with Gasteiger partial charge >= 0.3 is 0 Å². The van der Waals surface area contributed by atoms with E-state index < -0.39 is 5.97 Å². The van der Waals surface area contributed by atoms with Crippen LogP contribution in [0.15, 0.2) is 35.4 Å². The van der Waals surface area contributed by atoms with Crippen molar-refractivity contribution in [3.05, 3.63) is 30.3 Å². The standard InChI is InChI=1S/C11H10N2O3/c14-10-6-8(7-11(15)16)12-13(10)9-4-2-1-3-5-9/h1-5H,6-7H2,(H,15,16)/p-1. The van der Waals surface area contributed by atoms with Crippen LogP contribution in [0.4, 0.5) is 5.69 Å². The summed E-state index contributed by atoms with van der Waals surface area (Å²) < 4.78 is 0. The fourth-order valence-corrected chi connectivity index (χ4v) is 1.52. The maximum atomic E-state index is 11.6. The van der Waals surface area contributed by atoms with Crippen LogP contribution in [0.5, 0.6) is 0 Å². The van der Waals surface area contributed by atoms with E-state index in [9.17, 15) is 14.7 Å². The molecule has 0 radical (unpaired) electrons. The molecule has 0 fully saturated rings. The van der Waals surface area contributed by atoms with E-state index in [4.69, 9.17) is 0 Å². The van der Waals surface area contributed by atoms with Crippen LogP contribution in [0.25, 0.3) is 0 Å². The molecule has 0 aliphatic carbocycles. The summed E-state index contributed by atoms with van der Waals surface area (Å²) in [6.07, 6.45) is -0.252. The van der Waals surface area contributed by atoms with Gasteiger partial charge in [0, 0.05) is 12.4 Å². The molecule has 1 aromatic carbocycles. The summed E-state index contributed by atoms with van der Waals surface area (Å²) in [6.45, 7) is 0. The molecule has 2 rings (SSSR count). The first-order valence-electron chi connectivity index (χ1n) is 4.81. The maximum Gasteiger partial charge on any atom is 0.253 e. The van der Waals surface area contributed by atoms with Gasteiger partial charge in [0.2, 0.25) is 0 Å². The van der Waals surface area contributed by atoms with E-state index in [1.165, 1.54) is 5.01 Å². The fourth-order valence-electron chi connectivity index (χ4n) is 1.52. The molecule has 82 valence electrons. The van der Waals surface area contributed by atoms with Crippen LogP contribution in [-0.2, 0) is 9.59 Å². The van der Waals surface area contributed by atoms with Crippen molar-refractivity contribution in [2.75, 3.05) is 5.01 Å². The second kappa shape index (κ2) is 4.14. The molecule has 0 saturated heterocycles. The Morgan fingerprint density at radius 2 is 2.06 bits per heavy atom. The Balaban J connectivity index is 2.20. The zero-order valence-corrected chi connectivity index (χ0v) is 8.42. The first kappa shape index (κ1) is 10.4. The van der Waals surface area contributed by atoms with Gasteiger partial charge in [0.1, 0.15) is 0 Å². The Hall–Kier alpha value is -2.17. The number of amides is 1. The summed E-state index contributed by atoms with van der Waals surface area (Å²) in [6, 6.07) is 8.88. The van der Waals surface area contributed by atoms with Gasteiger partial charge in [-0.15, -0.1) is 0 Å². The molecule has 5 nitrogen and oxygen atoms in total. The van der Waals surface area contributed by atoms with Crippen molar-refractivity contribution in [1.29, 1.82) is 0 Å². The molecular formula is C11H9N2O3-. The van der Waals surface area contributed by atoms with Crippen LogP contribution in [-0.4, -0.2) is 17.6 Å². The van der Waals surface area contributed by atoms with Crippen LogP contribution >= 0.6 is 0 Å². The molecule has 5 heteroatoms. The minimum absolute atomic E-state index is 0.0445. The molecular weight excluding hydrogens is 208 g/mol. The molecule has 0 atom stereocenters. The van der Waals surface area contributed by atoms with Crippen LogP contribution < -0.4 is 10.1 Å². The minimum Gasteiger partial charge on any atom is -0.550 e. The predicted octanol–water partition coefficient (Wildman–Crippen LogP) is -0.0807. The number of nitrogens with zero attached hydrogens (tertiary/aromatic N) is 2. The Labute approximate surface area is 92.0 Å². The van der Waals surface area contributed by atoms with Gasteiger partial charge in [-0.2, -0.15) is 5.10 Å². The van der Waals surface area contributed by atoms with E-state index in [0.29, 0.717) is 11.4 Å². The van der Waals surface area contributed by atoms with Crippen molar-refractivity contribution in [3.63, 3.8) is 0 Å². The van der Waals surface area contributed by atoms with Crippen molar-refractivity contribution in [2.24, 2.45) is 5.10 Å². The molecule has 0 unspecified atom stereocenters. The summed E-state index contributed by atoms with van der Waals surface area (Å²) in [5.74, 6) is -1.44. The monoisotopic (exact) mass is 217 g/mol. The third kappa shape index (κ3) is 2.08. The number of hydrogen-bond acceptors (Lipinski definition) is 4. The van der Waals surface area contributed by atoms with E-state index in [1.807, 2.05) is 6.07 Å². The lowest BCUT2D eigenvalue weighted by Gasteiger charge is -2.10. The highest BCUT2D eigenvalue weighted by Gasteiger charge is 2.24.